The SMILES string of the molecule is CCCC(C)(C)NCCCC(F)(F)F. The zero-order valence-electron chi connectivity index (χ0n) is 9.17. The van der Waals surface area contributed by atoms with E-state index in [2.05, 4.69) is 12.2 Å². The predicted octanol–water partition coefficient (Wildman–Crippen LogP) is 3.50. The van der Waals surface area contributed by atoms with Crippen molar-refractivity contribution in [2.45, 2.75) is 58.2 Å². The van der Waals surface area contributed by atoms with Crippen molar-refractivity contribution < 1.29 is 13.2 Å². The van der Waals surface area contributed by atoms with Gasteiger partial charge in [0.15, 0.2) is 0 Å². The summed E-state index contributed by atoms with van der Waals surface area (Å²) in [5, 5.41) is 3.13. The van der Waals surface area contributed by atoms with Crippen molar-refractivity contribution in [1.29, 1.82) is 0 Å². The molecule has 0 radical (unpaired) electrons. The van der Waals surface area contributed by atoms with Crippen LogP contribution in [0, 0.1) is 0 Å². The summed E-state index contributed by atoms with van der Waals surface area (Å²) in [4.78, 5) is 0. The molecule has 0 heterocycles. The van der Waals surface area contributed by atoms with Crippen molar-refractivity contribution in [3.8, 4) is 0 Å². The van der Waals surface area contributed by atoms with Gasteiger partial charge in [-0.05, 0) is 33.2 Å². The number of hydrogen-bond acceptors (Lipinski definition) is 1. The molecule has 86 valence electrons. The summed E-state index contributed by atoms with van der Waals surface area (Å²) in [5.74, 6) is 0. The van der Waals surface area contributed by atoms with Gasteiger partial charge in [0.05, 0.1) is 0 Å². The molecular weight excluding hydrogens is 191 g/mol. The van der Waals surface area contributed by atoms with Gasteiger partial charge in [-0.2, -0.15) is 13.2 Å². The van der Waals surface area contributed by atoms with E-state index < -0.39 is 12.6 Å². The minimum absolute atomic E-state index is 0.0413. The Labute approximate surface area is 84.1 Å². The molecule has 0 aliphatic rings. The maximum atomic E-state index is 11.8. The highest BCUT2D eigenvalue weighted by molar-refractivity contribution is 4.76. The fourth-order valence-corrected chi connectivity index (χ4v) is 1.43. The summed E-state index contributed by atoms with van der Waals surface area (Å²) >= 11 is 0. The lowest BCUT2D eigenvalue weighted by Gasteiger charge is -2.26. The zero-order valence-corrected chi connectivity index (χ0v) is 9.17. The first kappa shape index (κ1) is 13.8. The minimum Gasteiger partial charge on any atom is -0.312 e. The molecule has 0 bridgehead atoms. The predicted molar refractivity (Wildman–Crippen MR) is 52.3 cm³/mol. The molecule has 0 rings (SSSR count). The van der Waals surface area contributed by atoms with Gasteiger partial charge in [0, 0.05) is 12.0 Å². The van der Waals surface area contributed by atoms with E-state index in [1.807, 2.05) is 13.8 Å². The van der Waals surface area contributed by atoms with E-state index >= 15 is 0 Å². The molecular formula is C10H20F3N. The van der Waals surface area contributed by atoms with Gasteiger partial charge in [-0.1, -0.05) is 13.3 Å². The van der Waals surface area contributed by atoms with Gasteiger partial charge >= 0.3 is 6.18 Å². The molecule has 0 aromatic heterocycles. The van der Waals surface area contributed by atoms with Crippen molar-refractivity contribution in [1.82, 2.24) is 5.32 Å². The van der Waals surface area contributed by atoms with Crippen LogP contribution in [0.1, 0.15) is 46.5 Å². The number of alkyl halides is 3. The molecule has 0 spiro atoms. The molecule has 0 aliphatic heterocycles. The van der Waals surface area contributed by atoms with Crippen molar-refractivity contribution in [3.05, 3.63) is 0 Å². The van der Waals surface area contributed by atoms with E-state index in [1.165, 1.54) is 0 Å². The van der Waals surface area contributed by atoms with Gasteiger partial charge in [-0.25, -0.2) is 0 Å². The van der Waals surface area contributed by atoms with Crippen LogP contribution in [0.2, 0.25) is 0 Å². The largest absolute Gasteiger partial charge is 0.389 e. The van der Waals surface area contributed by atoms with Gasteiger partial charge in [0.2, 0.25) is 0 Å². The van der Waals surface area contributed by atoms with Crippen LogP contribution in [0.3, 0.4) is 0 Å². The van der Waals surface area contributed by atoms with Crippen molar-refractivity contribution in [3.63, 3.8) is 0 Å². The van der Waals surface area contributed by atoms with E-state index in [0.717, 1.165) is 12.8 Å². The van der Waals surface area contributed by atoms with Crippen LogP contribution in [0.15, 0.2) is 0 Å². The molecule has 0 saturated heterocycles. The highest BCUT2D eigenvalue weighted by Gasteiger charge is 2.26. The highest BCUT2D eigenvalue weighted by Crippen LogP contribution is 2.21. The summed E-state index contributed by atoms with van der Waals surface area (Å²) in [6, 6.07) is 0. The molecule has 0 amide bonds. The van der Waals surface area contributed by atoms with E-state index in [0.29, 0.717) is 6.54 Å². The van der Waals surface area contributed by atoms with Gasteiger partial charge in [0.1, 0.15) is 0 Å². The Kier molecular flexibility index (Phi) is 5.49. The maximum Gasteiger partial charge on any atom is 0.389 e. The summed E-state index contributed by atoms with van der Waals surface area (Å²) in [6.07, 6.45) is -2.52. The standard InChI is InChI=1S/C10H20F3N/c1-4-6-9(2,3)14-8-5-7-10(11,12)13/h14H,4-8H2,1-3H3. The Hall–Kier alpha value is -0.250. The average Bonchev–Trinajstić information content (AvgIpc) is 1.96. The molecule has 0 aliphatic carbocycles. The van der Waals surface area contributed by atoms with Crippen LogP contribution < -0.4 is 5.32 Å². The van der Waals surface area contributed by atoms with Crippen molar-refractivity contribution in [2.75, 3.05) is 6.54 Å². The highest BCUT2D eigenvalue weighted by atomic mass is 19.4. The zero-order chi connectivity index (χ0) is 11.2. The molecule has 0 atom stereocenters. The molecule has 0 fully saturated rings. The third kappa shape index (κ3) is 8.35. The Bertz CT molecular complexity index is 152. The van der Waals surface area contributed by atoms with Crippen LogP contribution in [-0.4, -0.2) is 18.3 Å². The van der Waals surface area contributed by atoms with Crippen LogP contribution >= 0.6 is 0 Å². The molecule has 1 nitrogen and oxygen atoms in total. The first-order chi connectivity index (χ1) is 6.27. The van der Waals surface area contributed by atoms with Crippen molar-refractivity contribution in [2.24, 2.45) is 0 Å². The van der Waals surface area contributed by atoms with Gasteiger partial charge < -0.3 is 5.32 Å². The topological polar surface area (TPSA) is 12.0 Å². The molecule has 0 aromatic rings. The summed E-state index contributed by atoms with van der Waals surface area (Å²) in [6.45, 7) is 6.54. The average molecular weight is 211 g/mol. The van der Waals surface area contributed by atoms with E-state index in [4.69, 9.17) is 0 Å². The molecule has 14 heavy (non-hydrogen) atoms. The second kappa shape index (κ2) is 5.59. The molecule has 4 heteroatoms. The monoisotopic (exact) mass is 211 g/mol. The van der Waals surface area contributed by atoms with Gasteiger partial charge in [0.25, 0.3) is 0 Å². The number of hydrogen-bond donors (Lipinski definition) is 1. The molecule has 0 aromatic carbocycles. The van der Waals surface area contributed by atoms with Gasteiger partial charge in [-0.15, -0.1) is 0 Å². The lowest BCUT2D eigenvalue weighted by Crippen LogP contribution is -2.39. The van der Waals surface area contributed by atoms with Crippen LogP contribution in [0.4, 0.5) is 13.2 Å². The van der Waals surface area contributed by atoms with Crippen molar-refractivity contribution >= 4 is 0 Å². The number of nitrogens with one attached hydrogen (secondary N) is 1. The molecule has 1 N–H and O–H groups in total. The summed E-state index contributed by atoms with van der Waals surface area (Å²) in [7, 11) is 0. The quantitative estimate of drug-likeness (QED) is 0.663. The second-order valence-electron chi connectivity index (χ2n) is 4.28. The van der Waals surface area contributed by atoms with Crippen LogP contribution in [-0.2, 0) is 0 Å². The summed E-state index contributed by atoms with van der Waals surface area (Å²) in [5.41, 5.74) is -0.0413. The Morgan fingerprint density at radius 2 is 1.64 bits per heavy atom. The minimum atomic E-state index is -4.02. The fraction of sp³-hybridized carbons (Fsp3) is 1.00. The van der Waals surface area contributed by atoms with E-state index in [-0.39, 0.29) is 12.0 Å². The van der Waals surface area contributed by atoms with E-state index in [9.17, 15) is 13.2 Å². The summed E-state index contributed by atoms with van der Waals surface area (Å²) < 4.78 is 35.4. The Balaban J connectivity index is 3.54. The Morgan fingerprint density at radius 1 is 1.07 bits per heavy atom. The second-order valence-corrected chi connectivity index (χ2v) is 4.28. The normalized spacial score (nSPS) is 13.3. The lowest BCUT2D eigenvalue weighted by atomic mass is 9.99. The van der Waals surface area contributed by atoms with Crippen LogP contribution in [0.25, 0.3) is 0 Å². The molecule has 0 saturated carbocycles. The van der Waals surface area contributed by atoms with E-state index in [1.54, 1.807) is 0 Å². The van der Waals surface area contributed by atoms with Crippen LogP contribution in [0.5, 0.6) is 0 Å². The molecule has 0 unspecified atom stereocenters. The number of rotatable bonds is 6. The first-order valence-corrected chi connectivity index (χ1v) is 5.08. The first-order valence-electron chi connectivity index (χ1n) is 5.08. The smallest absolute Gasteiger partial charge is 0.312 e. The number of halogens is 3. The third-order valence-corrected chi connectivity index (χ3v) is 2.12. The lowest BCUT2D eigenvalue weighted by molar-refractivity contribution is -0.135. The third-order valence-electron chi connectivity index (χ3n) is 2.12. The Morgan fingerprint density at radius 3 is 2.07 bits per heavy atom. The fourth-order valence-electron chi connectivity index (χ4n) is 1.43. The van der Waals surface area contributed by atoms with Gasteiger partial charge in [-0.3, -0.25) is 0 Å². The maximum absolute atomic E-state index is 11.8.